The summed E-state index contributed by atoms with van der Waals surface area (Å²) >= 11 is 0. The summed E-state index contributed by atoms with van der Waals surface area (Å²) in [6, 6.07) is 28.7. The molecule has 0 heterocycles. The molecule has 0 saturated carbocycles. The molecule has 0 bridgehead atoms. The number of unbranched alkanes of at least 4 members (excludes halogenated alkanes) is 1. The molecule has 2 unspecified atom stereocenters. The Morgan fingerprint density at radius 2 is 1.23 bits per heavy atom. The Kier molecular flexibility index (Phi) is 11.5. The Morgan fingerprint density at radius 1 is 0.682 bits per heavy atom. The van der Waals surface area contributed by atoms with Gasteiger partial charge in [0.25, 0.3) is 0 Å². The van der Waals surface area contributed by atoms with E-state index in [-0.39, 0.29) is 17.9 Å². The van der Waals surface area contributed by atoms with Crippen LogP contribution in [0.5, 0.6) is 0 Å². The number of rotatable bonds is 12. The van der Waals surface area contributed by atoms with Gasteiger partial charge in [0.1, 0.15) is 0 Å². The van der Waals surface area contributed by atoms with Crippen LogP contribution in [-0.2, 0) is 25.5 Å². The number of hydrogen-bond donors (Lipinski definition) is 0. The summed E-state index contributed by atoms with van der Waals surface area (Å²) in [4.78, 5) is 24.6. The normalized spacial score (nSPS) is 16.8. The van der Waals surface area contributed by atoms with Gasteiger partial charge in [0.2, 0.25) is 0 Å². The number of esters is 2. The minimum atomic E-state index is -0.491. The van der Waals surface area contributed by atoms with Crippen molar-refractivity contribution in [3.05, 3.63) is 107 Å². The maximum atomic E-state index is 12.4. The first-order valence-corrected chi connectivity index (χ1v) is 16.5. The van der Waals surface area contributed by atoms with Crippen LogP contribution >= 0.6 is 0 Å². The molecule has 4 nitrogen and oxygen atoms in total. The van der Waals surface area contributed by atoms with Crippen LogP contribution in [0.3, 0.4) is 0 Å². The average molecular weight is 597 g/mol. The molecule has 0 saturated heterocycles. The van der Waals surface area contributed by atoms with Crippen LogP contribution in [0.2, 0.25) is 0 Å². The molecule has 0 amide bonds. The highest BCUT2D eigenvalue weighted by Gasteiger charge is 2.31. The van der Waals surface area contributed by atoms with E-state index in [1.54, 1.807) is 0 Å². The van der Waals surface area contributed by atoms with Gasteiger partial charge >= 0.3 is 11.9 Å². The van der Waals surface area contributed by atoms with Crippen molar-refractivity contribution in [2.75, 3.05) is 13.2 Å². The van der Waals surface area contributed by atoms with Gasteiger partial charge < -0.3 is 9.47 Å². The molecule has 0 aliphatic heterocycles. The second-order valence-corrected chi connectivity index (χ2v) is 14.5. The number of aryl methyl sites for hydroxylation is 1. The predicted octanol–water partition coefficient (Wildman–Crippen LogP) is 9.64. The van der Waals surface area contributed by atoms with Crippen LogP contribution < -0.4 is 0 Å². The van der Waals surface area contributed by atoms with Crippen LogP contribution in [0.4, 0.5) is 0 Å². The fourth-order valence-electron chi connectivity index (χ4n) is 6.34. The van der Waals surface area contributed by atoms with Gasteiger partial charge in [-0.3, -0.25) is 9.59 Å². The quantitative estimate of drug-likeness (QED) is 0.119. The second kappa shape index (κ2) is 15.1. The zero-order valence-corrected chi connectivity index (χ0v) is 27.7. The van der Waals surface area contributed by atoms with Crippen LogP contribution in [-0.4, -0.2) is 25.2 Å². The summed E-state index contributed by atoms with van der Waals surface area (Å²) in [6.45, 7) is 12.3. The minimum absolute atomic E-state index is 0.134. The van der Waals surface area contributed by atoms with Gasteiger partial charge in [0.15, 0.2) is 0 Å². The van der Waals surface area contributed by atoms with Crippen molar-refractivity contribution in [3.8, 4) is 0 Å². The van der Waals surface area contributed by atoms with Gasteiger partial charge in [-0.05, 0) is 126 Å². The fourth-order valence-corrected chi connectivity index (χ4v) is 6.34. The lowest BCUT2D eigenvalue weighted by molar-refractivity contribution is -0.153. The number of hydrogen-bond acceptors (Lipinski definition) is 4. The number of carbonyl (C=O) groups excluding carboxylic acids is 2. The highest BCUT2D eigenvalue weighted by molar-refractivity contribution is 5.75. The predicted molar refractivity (Wildman–Crippen MR) is 179 cm³/mol. The molecule has 2 atom stereocenters. The van der Waals surface area contributed by atoms with Gasteiger partial charge in [-0.15, -0.1) is 0 Å². The molecule has 1 aliphatic carbocycles. The first-order valence-electron chi connectivity index (χ1n) is 16.5. The van der Waals surface area contributed by atoms with Gasteiger partial charge in [-0.2, -0.15) is 0 Å². The largest absolute Gasteiger partial charge is 0.465 e. The van der Waals surface area contributed by atoms with E-state index in [2.05, 4.69) is 78.9 Å². The number of fused-ring (bicyclic) bond motifs is 1. The zero-order chi connectivity index (χ0) is 31.7. The monoisotopic (exact) mass is 596 g/mol. The van der Waals surface area contributed by atoms with Crippen molar-refractivity contribution in [2.24, 2.45) is 16.7 Å². The SMILES string of the molecule is CC(C)(C)C(=O)OCCCCC1CCc2ccc(C(c3ccccc3)c3ccccc3)cc2C1CCCOC(=O)C(C)(C)C. The Labute approximate surface area is 265 Å². The van der Waals surface area contributed by atoms with Crippen molar-refractivity contribution in [1.29, 1.82) is 0 Å². The highest BCUT2D eigenvalue weighted by Crippen LogP contribution is 2.44. The lowest BCUT2D eigenvalue weighted by atomic mass is 9.70. The molecule has 3 aromatic rings. The van der Waals surface area contributed by atoms with Crippen LogP contribution in [0.25, 0.3) is 0 Å². The molecule has 0 spiro atoms. The molecular formula is C40H52O4. The molecule has 0 fully saturated rings. The molecule has 44 heavy (non-hydrogen) atoms. The van der Waals surface area contributed by atoms with E-state index < -0.39 is 10.8 Å². The molecule has 1 aliphatic rings. The maximum absolute atomic E-state index is 12.4. The lowest BCUT2D eigenvalue weighted by Gasteiger charge is -2.35. The van der Waals surface area contributed by atoms with E-state index in [0.29, 0.717) is 25.0 Å². The minimum Gasteiger partial charge on any atom is -0.465 e. The van der Waals surface area contributed by atoms with Crippen molar-refractivity contribution in [1.82, 2.24) is 0 Å². The summed E-state index contributed by atoms with van der Waals surface area (Å²) < 4.78 is 11.2. The average Bonchev–Trinajstić information content (AvgIpc) is 2.99. The second-order valence-electron chi connectivity index (χ2n) is 14.5. The lowest BCUT2D eigenvalue weighted by Crippen LogP contribution is -2.25. The van der Waals surface area contributed by atoms with Crippen LogP contribution in [0.1, 0.15) is 120 Å². The summed E-state index contributed by atoms with van der Waals surface area (Å²) in [5.41, 5.74) is 5.85. The molecule has 0 N–H and O–H groups in total. The fraction of sp³-hybridized carbons (Fsp3) is 0.500. The summed E-state index contributed by atoms with van der Waals surface area (Å²) in [6.07, 6.45) is 7.07. The number of ether oxygens (including phenoxy) is 2. The van der Waals surface area contributed by atoms with E-state index in [1.807, 2.05) is 41.5 Å². The van der Waals surface area contributed by atoms with Crippen LogP contribution in [0.15, 0.2) is 78.9 Å². The molecule has 4 rings (SSSR count). The topological polar surface area (TPSA) is 52.6 Å². The van der Waals surface area contributed by atoms with E-state index in [1.165, 1.54) is 27.8 Å². The van der Waals surface area contributed by atoms with E-state index >= 15 is 0 Å². The summed E-state index contributed by atoms with van der Waals surface area (Å²) in [5.74, 6) is 0.830. The first kappa shape index (κ1) is 33.5. The molecule has 236 valence electrons. The van der Waals surface area contributed by atoms with Gasteiger partial charge in [-0.1, -0.05) is 78.9 Å². The van der Waals surface area contributed by atoms with Gasteiger partial charge in [0.05, 0.1) is 24.0 Å². The third-order valence-electron chi connectivity index (χ3n) is 8.84. The first-order chi connectivity index (χ1) is 20.9. The molecule has 3 aromatic carbocycles. The smallest absolute Gasteiger partial charge is 0.311 e. The van der Waals surface area contributed by atoms with E-state index in [4.69, 9.17) is 9.47 Å². The summed E-state index contributed by atoms with van der Waals surface area (Å²) in [5, 5.41) is 0. The zero-order valence-electron chi connectivity index (χ0n) is 27.7. The van der Waals surface area contributed by atoms with E-state index in [9.17, 15) is 9.59 Å². The molecule has 0 aromatic heterocycles. The van der Waals surface area contributed by atoms with Crippen molar-refractivity contribution >= 4 is 11.9 Å². The molecular weight excluding hydrogens is 544 g/mol. The van der Waals surface area contributed by atoms with Crippen molar-refractivity contribution < 1.29 is 19.1 Å². The Morgan fingerprint density at radius 3 is 1.77 bits per heavy atom. The Balaban J connectivity index is 1.55. The Hall–Kier alpha value is -3.40. The van der Waals surface area contributed by atoms with Crippen LogP contribution in [0, 0.1) is 16.7 Å². The third-order valence-corrected chi connectivity index (χ3v) is 8.84. The Bertz CT molecular complexity index is 1310. The van der Waals surface area contributed by atoms with Crippen molar-refractivity contribution in [3.63, 3.8) is 0 Å². The third kappa shape index (κ3) is 9.06. The van der Waals surface area contributed by atoms with E-state index in [0.717, 1.165) is 44.9 Å². The maximum Gasteiger partial charge on any atom is 0.311 e. The standard InChI is InChI=1S/C40H52O4/c1-39(2,3)37(41)43-26-14-13-16-29-22-23-30-24-25-33(28-35(30)34(29)21-15-27-44-38(42)40(4,5)6)36(31-17-9-7-10-18-31)32-19-11-8-12-20-32/h7-12,17-20,24-25,28-29,34,36H,13-16,21-23,26-27H2,1-6H3. The van der Waals surface area contributed by atoms with Crippen molar-refractivity contribution in [2.45, 2.75) is 98.3 Å². The number of benzene rings is 3. The highest BCUT2D eigenvalue weighted by atomic mass is 16.5. The van der Waals surface area contributed by atoms with Gasteiger partial charge in [-0.25, -0.2) is 0 Å². The molecule has 4 heteroatoms. The summed E-state index contributed by atoms with van der Waals surface area (Å²) in [7, 11) is 0. The number of carbonyl (C=O) groups is 2. The van der Waals surface area contributed by atoms with Gasteiger partial charge in [0, 0.05) is 5.92 Å². The molecule has 0 radical (unpaired) electrons.